The van der Waals surface area contributed by atoms with Crippen molar-refractivity contribution < 1.29 is 131 Å². The number of primary amides is 4. The minimum absolute atomic E-state index is 0. The van der Waals surface area contributed by atoms with Crippen LogP contribution in [0.1, 0.15) is 0 Å². The van der Waals surface area contributed by atoms with Gasteiger partial charge < -0.3 is 70.0 Å². The van der Waals surface area contributed by atoms with E-state index in [4.69, 9.17) is 47.1 Å². The minimum atomic E-state index is -2.47. The van der Waals surface area contributed by atoms with Gasteiger partial charge >= 0.3 is 29.6 Å². The Morgan fingerprint density at radius 2 is 1.01 bits per heavy atom. The van der Waals surface area contributed by atoms with Crippen molar-refractivity contribution in [3.05, 3.63) is 109 Å². The molecule has 5 aromatic rings. The molecule has 4 aromatic carbocycles. The van der Waals surface area contributed by atoms with E-state index in [0.717, 1.165) is 6.07 Å². The fourth-order valence-corrected chi connectivity index (χ4v) is 7.36. The zero-order valence-corrected chi connectivity index (χ0v) is 44.8. The maximum atomic E-state index is 11.2. The number of carbonyl (C=O) groups excluding carboxylic acids is 5. The summed E-state index contributed by atoms with van der Waals surface area (Å²) < 4.78 is 130. The second-order valence-corrected chi connectivity index (χ2v) is 18.7. The van der Waals surface area contributed by atoms with Crippen molar-refractivity contribution in [2.45, 2.75) is 28.7 Å². The van der Waals surface area contributed by atoms with Crippen molar-refractivity contribution in [2.75, 3.05) is 33.0 Å². The summed E-state index contributed by atoms with van der Waals surface area (Å²) in [6.07, 6.45) is 0. The predicted octanol–water partition coefficient (Wildman–Crippen LogP) is -3.31. The second kappa shape index (κ2) is 38.5. The first-order chi connectivity index (χ1) is 34.0. The number of ether oxygens (including phenoxy) is 4. The number of benzene rings is 4. The van der Waals surface area contributed by atoms with Crippen molar-refractivity contribution in [3.63, 3.8) is 0 Å². The fourth-order valence-electron chi connectivity index (χ4n) is 4.02. The van der Waals surface area contributed by atoms with E-state index < -0.39 is 98.2 Å². The molecular weight excluding hydrogens is 1130 g/mol. The number of thiophene rings is 1. The molecule has 5 rings (SSSR count). The van der Waals surface area contributed by atoms with Gasteiger partial charge in [0, 0.05) is 19.6 Å². The molecule has 0 aliphatic carbocycles. The van der Waals surface area contributed by atoms with Gasteiger partial charge in [-0.2, -0.15) is 0 Å². The first-order valence-corrected chi connectivity index (χ1v) is 25.5. The summed E-state index contributed by atoms with van der Waals surface area (Å²) in [5.41, 5.74) is 19.5. The molecule has 0 saturated heterocycles. The molecule has 10 N–H and O–H groups in total. The molecule has 5 atom stereocenters. The molecule has 73 heavy (non-hydrogen) atoms. The summed E-state index contributed by atoms with van der Waals surface area (Å²) in [4.78, 5) is 53.8. The third-order valence-corrected chi connectivity index (χ3v) is 12.2. The Balaban J connectivity index is 0.000000904. The number of hydrogen-bond acceptors (Lipinski definition) is 24. The van der Waals surface area contributed by atoms with Crippen LogP contribution in [0.5, 0.6) is 23.0 Å². The van der Waals surface area contributed by atoms with E-state index in [9.17, 15) is 67.8 Å². The van der Waals surface area contributed by atoms with Crippen molar-refractivity contribution in [3.8, 4) is 23.0 Å². The van der Waals surface area contributed by atoms with Crippen molar-refractivity contribution in [2.24, 2.45) is 22.9 Å². The van der Waals surface area contributed by atoms with Crippen LogP contribution in [-0.4, -0.2) is 112 Å². The number of amides is 5. The van der Waals surface area contributed by atoms with Crippen LogP contribution < -0.4 is 76.8 Å². The summed E-state index contributed by atoms with van der Waals surface area (Å²) in [7, 11) is 0. The van der Waals surface area contributed by atoms with Gasteiger partial charge in [-0.1, -0.05) is 23.2 Å². The molecule has 0 bridgehead atoms. The average Bonchev–Trinajstić information content (AvgIpc) is 3.90. The zero-order chi connectivity index (χ0) is 54.2. The van der Waals surface area contributed by atoms with Gasteiger partial charge in [-0.05, 0) is 146 Å². The Hall–Kier alpha value is -5.09. The summed E-state index contributed by atoms with van der Waals surface area (Å²) in [5, 5.41) is 15.2. The summed E-state index contributed by atoms with van der Waals surface area (Å²) >= 11 is -9.54. The fraction of sp³-hybridized carbons (Fsp3) is 0.132. The minimum Gasteiger partial charge on any atom is -0.768 e. The monoisotopic (exact) mass is 1160 g/mol. The number of hydrogen-bond donors (Lipinski definition) is 6. The van der Waals surface area contributed by atoms with E-state index in [1.807, 2.05) is 0 Å². The molecule has 5 unspecified atom stereocenters. The zero-order valence-electron chi connectivity index (χ0n) is 37.1. The van der Waals surface area contributed by atoms with Crippen LogP contribution in [0.4, 0.5) is 0 Å². The van der Waals surface area contributed by atoms with Crippen LogP contribution >= 0.6 is 23.4 Å². The molecule has 27 nitrogen and oxygen atoms in total. The van der Waals surface area contributed by atoms with E-state index in [2.05, 4.69) is 14.7 Å². The van der Waals surface area contributed by atoms with Gasteiger partial charge in [-0.3, -0.25) is 45.0 Å². The van der Waals surface area contributed by atoms with Crippen LogP contribution in [0.2, 0.25) is 0 Å². The molecule has 1 heterocycles. The van der Waals surface area contributed by atoms with Gasteiger partial charge in [0.05, 0.1) is 27.7 Å². The Bertz CT molecular complexity index is 2640. The van der Waals surface area contributed by atoms with E-state index in [0.29, 0.717) is 32.6 Å². The SMILES string of the molecule is NC(=O)CNC(=O)COc1ccc(S(=O)[O-])cc1.NC(=O)COc1ccc(S(=O)[O-])cc1.NC(=O)COc1ccc(S(=O)[O-])cc1OCC(N)=O.O=S([O-])c1ccccc1SOOO.O=S([O-])c1cccs1.[Na+]. The predicted molar refractivity (Wildman–Crippen MR) is 248 cm³/mol. The third kappa shape index (κ3) is 31.3. The van der Waals surface area contributed by atoms with Crippen molar-refractivity contribution in [1.29, 1.82) is 0 Å². The van der Waals surface area contributed by atoms with E-state index >= 15 is 0 Å². The smallest absolute Gasteiger partial charge is 0.768 e. The first-order valence-electron chi connectivity index (χ1n) is 18.5. The molecule has 1 aromatic heterocycles. The van der Waals surface area contributed by atoms with Crippen molar-refractivity contribution >= 4 is 108 Å². The molecule has 5 amide bonds. The van der Waals surface area contributed by atoms with Gasteiger partial charge in [0.25, 0.3) is 23.6 Å². The average molecular weight is 1160 g/mol. The van der Waals surface area contributed by atoms with Crippen LogP contribution in [0.3, 0.4) is 0 Å². The number of rotatable bonds is 22. The Labute approximate surface area is 457 Å². The molecular formula is C38H38N5NaO22S7-4. The van der Waals surface area contributed by atoms with Crippen molar-refractivity contribution in [1.82, 2.24) is 5.32 Å². The maximum Gasteiger partial charge on any atom is 1.00 e. The first kappa shape index (κ1) is 67.9. The van der Waals surface area contributed by atoms with Gasteiger partial charge in [-0.25, -0.2) is 5.26 Å². The number of carbonyl (C=O) groups is 5. The van der Waals surface area contributed by atoms with Crippen LogP contribution in [0.25, 0.3) is 0 Å². The molecule has 0 aliphatic rings. The van der Waals surface area contributed by atoms with Gasteiger partial charge in [0.1, 0.15) is 11.5 Å². The molecule has 0 radical (unpaired) electrons. The van der Waals surface area contributed by atoms with Crippen LogP contribution in [0, 0.1) is 0 Å². The number of nitrogens with two attached hydrogens (primary N) is 4. The second-order valence-electron chi connectivity index (χ2n) is 12.1. The maximum absolute atomic E-state index is 11.2. The van der Waals surface area contributed by atoms with Crippen LogP contribution in [0.15, 0.2) is 137 Å². The molecule has 0 fully saturated rings. The largest absolute Gasteiger partial charge is 1.00 e. The van der Waals surface area contributed by atoms with Gasteiger partial charge in [0.15, 0.2) is 37.9 Å². The van der Waals surface area contributed by atoms with Gasteiger partial charge in [-0.15, -0.1) is 15.7 Å². The molecule has 35 heteroatoms. The molecule has 0 saturated carbocycles. The quantitative estimate of drug-likeness (QED) is 0.0130. The van der Waals surface area contributed by atoms with E-state index in [1.54, 1.807) is 29.6 Å². The van der Waals surface area contributed by atoms with E-state index in [1.165, 1.54) is 84.1 Å². The van der Waals surface area contributed by atoms with E-state index in [-0.39, 0.29) is 80.4 Å². The Kier molecular flexibility index (Phi) is 35.8. The topological polar surface area (TPSA) is 478 Å². The number of nitrogens with one attached hydrogen (secondary N) is 1. The molecule has 0 aliphatic heterocycles. The van der Waals surface area contributed by atoms with Gasteiger partial charge in [0.2, 0.25) is 5.91 Å². The standard InChI is InChI=1S/C10H12N2O6S.C10H12N2O5S.C8H9NO4S.C6H6O5S2.C4H4O2S2.Na/c11-9(13)4-17-7-2-1-6(19(15)16)3-8(7)18-5-10(12)14;11-9(13)5-12-10(14)6-17-7-1-3-8(4-2-7)18(15)16;9-8(10)5-13-6-1-3-7(4-2-6)14(11)12;7-10-11-12-5-3-1-2-4-6(5)13(8)9;5-8(6)4-2-1-3-7-4;/h1-3H,4-5H2,(H2,11,13)(H2,12,14)(H,15,16);1-4H,5-6H2,(H2,11,13)(H,12,14)(H,15,16);1-4H,5H2,(H2,9,10)(H,11,12);1-4,7H,(H,8,9);1-3H,(H,5,6);/q;;;;;+1/p-5. The molecule has 394 valence electrons. The molecule has 0 spiro atoms. The summed E-state index contributed by atoms with van der Waals surface area (Å²) in [6.45, 7) is -1.63. The van der Waals surface area contributed by atoms with Crippen LogP contribution in [-0.2, 0) is 88.7 Å². The summed E-state index contributed by atoms with van der Waals surface area (Å²) in [6, 6.07) is 24.3. The summed E-state index contributed by atoms with van der Waals surface area (Å²) in [5.74, 6) is -2.38. The normalized spacial score (nSPS) is 12.0. The Morgan fingerprint density at radius 3 is 1.42 bits per heavy atom. The third-order valence-electron chi connectivity index (χ3n) is 6.93. The Morgan fingerprint density at radius 1 is 0.548 bits per heavy atom.